The van der Waals surface area contributed by atoms with Crippen molar-refractivity contribution in [3.63, 3.8) is 0 Å². The first-order chi connectivity index (χ1) is 15.3. The summed E-state index contributed by atoms with van der Waals surface area (Å²) in [6, 6.07) is 12.4. The van der Waals surface area contributed by atoms with Gasteiger partial charge in [0.1, 0.15) is 11.0 Å². The number of amides is 3. The number of rotatable bonds is 7. The van der Waals surface area contributed by atoms with Crippen LogP contribution in [-0.2, 0) is 4.79 Å². The summed E-state index contributed by atoms with van der Waals surface area (Å²) in [7, 11) is 0. The number of aryl methyl sites for hydroxylation is 2. The zero-order valence-corrected chi connectivity index (χ0v) is 20.8. The maximum atomic E-state index is 13.0. The maximum Gasteiger partial charge on any atom is 0.319 e. The molecule has 0 fully saturated rings. The van der Waals surface area contributed by atoms with Gasteiger partial charge in [0, 0.05) is 15.7 Å². The quantitative estimate of drug-likeness (QED) is 0.372. The van der Waals surface area contributed by atoms with E-state index < -0.39 is 12.1 Å². The molecule has 2 unspecified atom stereocenters. The number of nitrogens with zero attached hydrogens (tertiary/aromatic N) is 2. The van der Waals surface area contributed by atoms with Gasteiger partial charge in [0.15, 0.2) is 0 Å². The van der Waals surface area contributed by atoms with Gasteiger partial charge in [-0.3, -0.25) is 10.1 Å². The van der Waals surface area contributed by atoms with Gasteiger partial charge in [-0.1, -0.05) is 77.9 Å². The molecule has 9 heteroatoms. The van der Waals surface area contributed by atoms with Crippen LogP contribution in [-0.4, -0.2) is 28.2 Å². The van der Waals surface area contributed by atoms with E-state index in [1.807, 2.05) is 70.2 Å². The summed E-state index contributed by atoms with van der Waals surface area (Å²) in [5.74, 6) is -0.399. The van der Waals surface area contributed by atoms with Crippen molar-refractivity contribution in [1.29, 1.82) is 0 Å². The molecule has 2 atom stereocenters. The molecule has 0 saturated heterocycles. The molecule has 3 amide bonds. The molecular weight excluding hydrogens is 490 g/mol. The van der Waals surface area contributed by atoms with Crippen LogP contribution in [0.5, 0.6) is 0 Å². The van der Waals surface area contributed by atoms with Crippen molar-refractivity contribution >= 4 is 50.0 Å². The van der Waals surface area contributed by atoms with Crippen molar-refractivity contribution in [2.45, 2.75) is 40.2 Å². The summed E-state index contributed by atoms with van der Waals surface area (Å²) in [4.78, 5) is 25.7. The highest BCUT2D eigenvalue weighted by molar-refractivity contribution is 9.10. The predicted molar refractivity (Wildman–Crippen MR) is 133 cm³/mol. The zero-order chi connectivity index (χ0) is 23.3. The monoisotopic (exact) mass is 515 g/mol. The Bertz CT molecular complexity index is 1100. The molecule has 0 saturated carbocycles. The molecule has 3 N–H and O–H groups in total. The molecule has 3 aromatic rings. The van der Waals surface area contributed by atoms with Gasteiger partial charge in [-0.2, -0.15) is 0 Å². The number of hydrogen-bond acceptors (Lipinski definition) is 5. The maximum absolute atomic E-state index is 13.0. The van der Waals surface area contributed by atoms with E-state index in [-0.39, 0.29) is 11.8 Å². The summed E-state index contributed by atoms with van der Waals surface area (Å²) in [5, 5.41) is 17.9. The predicted octanol–water partition coefficient (Wildman–Crippen LogP) is 5.76. The lowest BCUT2D eigenvalue weighted by atomic mass is 9.98. The minimum absolute atomic E-state index is 0.0730. The van der Waals surface area contributed by atoms with Gasteiger partial charge in [-0.25, -0.2) is 4.79 Å². The normalized spacial score (nSPS) is 12.7. The van der Waals surface area contributed by atoms with Crippen LogP contribution < -0.4 is 16.0 Å². The fraction of sp³-hybridized carbons (Fsp3) is 0.304. The Kier molecular flexibility index (Phi) is 7.98. The lowest BCUT2D eigenvalue weighted by Crippen LogP contribution is -2.49. The average Bonchev–Trinajstić information content (AvgIpc) is 3.22. The van der Waals surface area contributed by atoms with Crippen LogP contribution in [0, 0.1) is 19.8 Å². The van der Waals surface area contributed by atoms with Crippen LogP contribution in [0.1, 0.15) is 31.4 Å². The molecule has 0 bridgehead atoms. The van der Waals surface area contributed by atoms with Gasteiger partial charge in [-0.15, -0.1) is 10.2 Å². The first kappa shape index (κ1) is 23.9. The van der Waals surface area contributed by atoms with Crippen molar-refractivity contribution in [1.82, 2.24) is 15.5 Å². The Hall–Kier alpha value is -2.78. The molecule has 3 rings (SSSR count). The molecule has 0 radical (unpaired) electrons. The third-order valence-electron chi connectivity index (χ3n) is 5.23. The van der Waals surface area contributed by atoms with Crippen LogP contribution in [0.25, 0.3) is 10.6 Å². The van der Waals surface area contributed by atoms with Crippen LogP contribution in [0.15, 0.2) is 46.9 Å². The van der Waals surface area contributed by atoms with Gasteiger partial charge in [0.25, 0.3) is 0 Å². The van der Waals surface area contributed by atoms with Crippen molar-refractivity contribution in [3.8, 4) is 10.6 Å². The van der Waals surface area contributed by atoms with E-state index >= 15 is 0 Å². The summed E-state index contributed by atoms with van der Waals surface area (Å²) >= 11 is 4.73. The van der Waals surface area contributed by atoms with Crippen molar-refractivity contribution < 1.29 is 9.59 Å². The third kappa shape index (κ3) is 5.92. The first-order valence-corrected chi connectivity index (χ1v) is 11.9. The second-order valence-corrected chi connectivity index (χ2v) is 9.53. The van der Waals surface area contributed by atoms with Crippen LogP contribution in [0.4, 0.5) is 15.6 Å². The minimum Gasteiger partial charge on any atom is -0.326 e. The second kappa shape index (κ2) is 10.7. The number of benzene rings is 2. The largest absolute Gasteiger partial charge is 0.326 e. The molecule has 0 aliphatic carbocycles. The second-order valence-electron chi connectivity index (χ2n) is 7.64. The molecule has 7 nitrogen and oxygen atoms in total. The molecular formula is C23H26BrN5O2S. The Labute approximate surface area is 200 Å². The minimum atomic E-state index is -0.720. The SMILES string of the molecule is CCC(C)C(NC(=O)Nc1c(C)cccc1C)C(=O)Nc1nnc(-c2cccc(Br)c2)s1. The van der Waals surface area contributed by atoms with Crippen LogP contribution in [0.2, 0.25) is 0 Å². The lowest BCUT2D eigenvalue weighted by molar-refractivity contribution is -0.119. The highest BCUT2D eigenvalue weighted by Crippen LogP contribution is 2.28. The zero-order valence-electron chi connectivity index (χ0n) is 18.4. The molecule has 1 aromatic heterocycles. The lowest BCUT2D eigenvalue weighted by Gasteiger charge is -2.23. The number of halogens is 1. The Morgan fingerprint density at radius 3 is 2.41 bits per heavy atom. The Morgan fingerprint density at radius 2 is 1.75 bits per heavy atom. The number of hydrogen-bond donors (Lipinski definition) is 3. The van der Waals surface area contributed by atoms with Gasteiger partial charge in [0.05, 0.1) is 0 Å². The van der Waals surface area contributed by atoms with Crippen molar-refractivity contribution in [3.05, 3.63) is 58.1 Å². The molecule has 0 aliphatic rings. The topological polar surface area (TPSA) is 96.0 Å². The van der Waals surface area contributed by atoms with Gasteiger partial charge in [0.2, 0.25) is 11.0 Å². The number of anilines is 2. The number of nitrogens with one attached hydrogen (secondary N) is 3. The van der Waals surface area contributed by atoms with Crippen molar-refractivity contribution in [2.24, 2.45) is 5.92 Å². The summed E-state index contributed by atoms with van der Waals surface area (Å²) in [5.41, 5.74) is 3.57. The van der Waals surface area contributed by atoms with Crippen LogP contribution >= 0.6 is 27.3 Å². The fourth-order valence-corrected chi connectivity index (χ4v) is 4.34. The van der Waals surface area contributed by atoms with E-state index in [9.17, 15) is 9.59 Å². The Balaban J connectivity index is 1.71. The fourth-order valence-electron chi connectivity index (χ4n) is 3.20. The molecule has 32 heavy (non-hydrogen) atoms. The number of urea groups is 1. The average molecular weight is 516 g/mol. The number of carbonyl (C=O) groups is 2. The van der Waals surface area contributed by atoms with E-state index in [1.165, 1.54) is 11.3 Å². The van der Waals surface area contributed by atoms with E-state index in [1.54, 1.807) is 0 Å². The molecule has 168 valence electrons. The smallest absolute Gasteiger partial charge is 0.319 e. The summed E-state index contributed by atoms with van der Waals surface area (Å²) in [6.07, 6.45) is 0.723. The van der Waals surface area contributed by atoms with Crippen molar-refractivity contribution in [2.75, 3.05) is 10.6 Å². The summed E-state index contributed by atoms with van der Waals surface area (Å²) in [6.45, 7) is 7.77. The highest BCUT2D eigenvalue weighted by Gasteiger charge is 2.27. The standard InChI is InChI=1S/C23H26BrN5O2S/c1-5-13(2)19(26-22(31)25-18-14(3)8-6-9-15(18)4)20(30)27-23-29-28-21(32-23)16-10-7-11-17(24)12-16/h6-13,19H,5H2,1-4H3,(H2,25,26,31)(H,27,29,30). The molecule has 2 aromatic carbocycles. The van der Waals surface area contributed by atoms with Crippen LogP contribution in [0.3, 0.4) is 0 Å². The molecule has 0 spiro atoms. The van der Waals surface area contributed by atoms with Gasteiger partial charge < -0.3 is 10.6 Å². The van der Waals surface area contributed by atoms with E-state index in [2.05, 4.69) is 42.1 Å². The Morgan fingerprint density at radius 1 is 1.06 bits per heavy atom. The van der Waals surface area contributed by atoms with E-state index in [4.69, 9.17) is 0 Å². The van der Waals surface area contributed by atoms with Gasteiger partial charge in [-0.05, 0) is 43.0 Å². The van der Waals surface area contributed by atoms with E-state index in [0.717, 1.165) is 33.3 Å². The number of carbonyl (C=O) groups excluding carboxylic acids is 2. The van der Waals surface area contributed by atoms with E-state index in [0.29, 0.717) is 10.1 Å². The third-order valence-corrected chi connectivity index (χ3v) is 6.61. The first-order valence-electron chi connectivity index (χ1n) is 10.3. The number of aromatic nitrogens is 2. The molecule has 1 heterocycles. The molecule has 0 aliphatic heterocycles. The van der Waals surface area contributed by atoms with Gasteiger partial charge >= 0.3 is 6.03 Å². The highest BCUT2D eigenvalue weighted by atomic mass is 79.9. The summed E-state index contributed by atoms with van der Waals surface area (Å²) < 4.78 is 0.937. The number of para-hydroxylation sites is 1.